The highest BCUT2D eigenvalue weighted by molar-refractivity contribution is 5.84. The van der Waals surface area contributed by atoms with Crippen molar-refractivity contribution in [3.8, 4) is 5.75 Å². The summed E-state index contributed by atoms with van der Waals surface area (Å²) in [5, 5.41) is 9.47. The van der Waals surface area contributed by atoms with Crippen LogP contribution >= 0.6 is 0 Å². The Morgan fingerprint density at radius 3 is 2.53 bits per heavy atom. The molecule has 1 N–H and O–H groups in total. The first-order chi connectivity index (χ1) is 9.06. The van der Waals surface area contributed by atoms with Crippen LogP contribution in [-0.2, 0) is 21.6 Å². The molecular weight excluding hydrogens is 251 g/mol. The molecule has 0 unspecified atom stereocenters. The number of hydrogen-bond acceptors (Lipinski definition) is 3. The number of aliphatic carboxylic acids is 1. The van der Waals surface area contributed by atoms with Gasteiger partial charge in [-0.2, -0.15) is 0 Å². The van der Waals surface area contributed by atoms with Crippen LogP contribution in [0.2, 0.25) is 0 Å². The highest BCUT2D eigenvalue weighted by Gasteiger charge is 2.48. The standard InChI is InChI=1S/C14H17FO4/c1-18-8-9-11(15)5-4-10(12(9)19-2)14(13(16)17)6-3-7-14/h4-5H,3,6-8H2,1-2H3,(H,16,17). The van der Waals surface area contributed by atoms with Crippen molar-refractivity contribution in [2.75, 3.05) is 14.2 Å². The fourth-order valence-electron chi connectivity index (χ4n) is 2.62. The van der Waals surface area contributed by atoms with Gasteiger partial charge in [-0.3, -0.25) is 4.79 Å². The van der Waals surface area contributed by atoms with E-state index in [1.54, 1.807) is 0 Å². The molecule has 19 heavy (non-hydrogen) atoms. The smallest absolute Gasteiger partial charge is 0.314 e. The number of ether oxygens (including phenoxy) is 2. The van der Waals surface area contributed by atoms with Crippen LogP contribution in [0, 0.1) is 5.82 Å². The Balaban J connectivity index is 2.57. The van der Waals surface area contributed by atoms with E-state index in [1.807, 2.05) is 0 Å². The molecule has 1 aromatic rings. The maximum Gasteiger partial charge on any atom is 0.314 e. The molecule has 104 valence electrons. The molecule has 0 saturated heterocycles. The van der Waals surface area contributed by atoms with Crippen LogP contribution < -0.4 is 4.74 Å². The van der Waals surface area contributed by atoms with E-state index in [2.05, 4.69) is 0 Å². The Labute approximate surface area is 111 Å². The Morgan fingerprint density at radius 1 is 1.42 bits per heavy atom. The quantitative estimate of drug-likeness (QED) is 0.891. The zero-order valence-electron chi connectivity index (χ0n) is 11.0. The van der Waals surface area contributed by atoms with Gasteiger partial charge in [-0.1, -0.05) is 12.5 Å². The maximum absolute atomic E-state index is 13.8. The monoisotopic (exact) mass is 268 g/mol. The zero-order valence-corrected chi connectivity index (χ0v) is 11.0. The first-order valence-corrected chi connectivity index (χ1v) is 6.15. The lowest BCUT2D eigenvalue weighted by molar-refractivity contribution is -0.147. The van der Waals surface area contributed by atoms with Crippen LogP contribution in [0.1, 0.15) is 30.4 Å². The average molecular weight is 268 g/mol. The largest absolute Gasteiger partial charge is 0.496 e. The molecule has 1 aromatic carbocycles. The third kappa shape index (κ3) is 2.08. The van der Waals surface area contributed by atoms with Crippen molar-refractivity contribution in [1.82, 2.24) is 0 Å². The lowest BCUT2D eigenvalue weighted by atomic mass is 9.64. The molecule has 1 fully saturated rings. The van der Waals surface area contributed by atoms with E-state index in [0.29, 0.717) is 24.2 Å². The van der Waals surface area contributed by atoms with Crippen molar-refractivity contribution in [3.05, 3.63) is 29.1 Å². The molecule has 2 rings (SSSR count). The minimum absolute atomic E-state index is 0.0541. The maximum atomic E-state index is 13.8. The van der Waals surface area contributed by atoms with Crippen LogP contribution in [0.5, 0.6) is 5.75 Å². The molecule has 0 radical (unpaired) electrons. The van der Waals surface area contributed by atoms with Gasteiger partial charge in [-0.15, -0.1) is 0 Å². The molecule has 0 spiro atoms. The molecule has 0 atom stereocenters. The van der Waals surface area contributed by atoms with Gasteiger partial charge in [0.2, 0.25) is 0 Å². The Hall–Kier alpha value is -1.62. The van der Waals surface area contributed by atoms with Gasteiger partial charge >= 0.3 is 5.97 Å². The van der Waals surface area contributed by atoms with Gasteiger partial charge in [0.15, 0.2) is 0 Å². The van der Waals surface area contributed by atoms with Crippen molar-refractivity contribution >= 4 is 5.97 Å². The van der Waals surface area contributed by atoms with Gasteiger partial charge < -0.3 is 14.6 Å². The van der Waals surface area contributed by atoms with Gasteiger partial charge in [0.1, 0.15) is 11.6 Å². The highest BCUT2D eigenvalue weighted by Crippen LogP contribution is 2.48. The fourth-order valence-corrected chi connectivity index (χ4v) is 2.62. The Bertz CT molecular complexity index is 494. The van der Waals surface area contributed by atoms with Crippen LogP contribution in [0.3, 0.4) is 0 Å². The molecule has 0 aliphatic heterocycles. The first-order valence-electron chi connectivity index (χ1n) is 6.15. The zero-order chi connectivity index (χ0) is 14.0. The van der Waals surface area contributed by atoms with E-state index in [9.17, 15) is 14.3 Å². The number of carboxylic acid groups (broad SMARTS) is 1. The van der Waals surface area contributed by atoms with Gasteiger partial charge in [0, 0.05) is 12.7 Å². The van der Waals surface area contributed by atoms with Gasteiger partial charge in [-0.25, -0.2) is 4.39 Å². The Morgan fingerprint density at radius 2 is 2.11 bits per heavy atom. The molecule has 0 amide bonds. The number of halogens is 1. The minimum Gasteiger partial charge on any atom is -0.496 e. The van der Waals surface area contributed by atoms with Gasteiger partial charge in [-0.05, 0) is 18.9 Å². The predicted octanol–water partition coefficient (Wildman–Crippen LogP) is 2.49. The first kappa shape index (κ1) is 13.8. The highest BCUT2D eigenvalue weighted by atomic mass is 19.1. The summed E-state index contributed by atoms with van der Waals surface area (Å²) in [5.41, 5.74) is -0.126. The lowest BCUT2D eigenvalue weighted by Gasteiger charge is -2.39. The van der Waals surface area contributed by atoms with Crippen molar-refractivity contribution < 1.29 is 23.8 Å². The number of methoxy groups -OCH3 is 2. The summed E-state index contributed by atoms with van der Waals surface area (Å²) in [6.45, 7) is 0.0541. The van der Waals surface area contributed by atoms with E-state index in [0.717, 1.165) is 6.42 Å². The third-order valence-corrected chi connectivity index (χ3v) is 3.83. The summed E-state index contributed by atoms with van der Waals surface area (Å²) in [6.07, 6.45) is 1.96. The van der Waals surface area contributed by atoms with E-state index in [1.165, 1.54) is 26.4 Å². The summed E-state index contributed by atoms with van der Waals surface area (Å²) in [6, 6.07) is 2.80. The van der Waals surface area contributed by atoms with Crippen LogP contribution in [0.25, 0.3) is 0 Å². The normalized spacial score (nSPS) is 16.8. The molecule has 0 heterocycles. The summed E-state index contributed by atoms with van der Waals surface area (Å²) >= 11 is 0. The van der Waals surface area contributed by atoms with E-state index >= 15 is 0 Å². The number of benzene rings is 1. The second-order valence-corrected chi connectivity index (χ2v) is 4.78. The SMILES string of the molecule is COCc1c(F)ccc(C2(C(=O)O)CCC2)c1OC. The van der Waals surface area contributed by atoms with Crippen molar-refractivity contribution in [3.63, 3.8) is 0 Å². The van der Waals surface area contributed by atoms with Crippen LogP contribution in [-0.4, -0.2) is 25.3 Å². The fraction of sp³-hybridized carbons (Fsp3) is 0.500. The van der Waals surface area contributed by atoms with Gasteiger partial charge in [0.25, 0.3) is 0 Å². The third-order valence-electron chi connectivity index (χ3n) is 3.83. The second kappa shape index (κ2) is 5.17. The molecule has 1 aliphatic rings. The summed E-state index contributed by atoms with van der Waals surface area (Å²) in [5.74, 6) is -1.03. The number of rotatable bonds is 5. The van der Waals surface area contributed by atoms with E-state index in [4.69, 9.17) is 9.47 Å². The van der Waals surface area contributed by atoms with Crippen LogP contribution in [0.15, 0.2) is 12.1 Å². The van der Waals surface area contributed by atoms with Crippen molar-refractivity contribution in [1.29, 1.82) is 0 Å². The number of carboxylic acids is 1. The summed E-state index contributed by atoms with van der Waals surface area (Å²) in [7, 11) is 2.88. The van der Waals surface area contributed by atoms with Crippen LogP contribution in [0.4, 0.5) is 4.39 Å². The van der Waals surface area contributed by atoms with E-state index < -0.39 is 17.2 Å². The topological polar surface area (TPSA) is 55.8 Å². The number of hydrogen-bond donors (Lipinski definition) is 1. The molecule has 0 aromatic heterocycles. The molecule has 0 bridgehead atoms. The second-order valence-electron chi connectivity index (χ2n) is 4.78. The molecule has 5 heteroatoms. The minimum atomic E-state index is -0.943. The Kier molecular flexibility index (Phi) is 3.75. The van der Waals surface area contributed by atoms with E-state index in [-0.39, 0.29) is 12.2 Å². The summed E-state index contributed by atoms with van der Waals surface area (Å²) < 4.78 is 24.0. The van der Waals surface area contributed by atoms with Crippen molar-refractivity contribution in [2.24, 2.45) is 0 Å². The molecule has 4 nitrogen and oxygen atoms in total. The molecule has 1 saturated carbocycles. The lowest BCUT2D eigenvalue weighted by Crippen LogP contribution is -2.42. The van der Waals surface area contributed by atoms with Crippen molar-refractivity contribution in [2.45, 2.75) is 31.3 Å². The van der Waals surface area contributed by atoms with Gasteiger partial charge in [0.05, 0.1) is 24.7 Å². The molecule has 1 aliphatic carbocycles. The molecular formula is C14H17FO4. The average Bonchev–Trinajstić information content (AvgIpc) is 2.31. The predicted molar refractivity (Wildman–Crippen MR) is 66.8 cm³/mol. The number of carbonyl (C=O) groups is 1. The summed E-state index contributed by atoms with van der Waals surface area (Å²) in [4.78, 5) is 11.5.